The Hall–Kier alpha value is -1.57. The lowest BCUT2D eigenvalue weighted by atomic mass is 10.2. The van der Waals surface area contributed by atoms with Crippen LogP contribution in [0.2, 0.25) is 0 Å². The number of unbranched alkanes of at least 4 members (excludes halogenated alkanes) is 5. The highest BCUT2D eigenvalue weighted by molar-refractivity contribution is 5.66. The van der Waals surface area contributed by atoms with E-state index in [4.69, 9.17) is 5.11 Å². The number of carboxylic acid groups (broad SMARTS) is 1. The standard InChI is InChI=1S/C20H32O2/c1-2-3-4-5-6-7-8-9-10-11-12-13-14-15-16-17-18-19-20(21)22/h6-7,9-10,12-15H,2-5,8,11,16-19H2,1H3,(H,21,22)/b7-6-,10-9-,13-12-,15-14+. The Morgan fingerprint density at radius 1 is 0.773 bits per heavy atom. The summed E-state index contributed by atoms with van der Waals surface area (Å²) in [5.41, 5.74) is 0. The van der Waals surface area contributed by atoms with Crippen LogP contribution in [-0.2, 0) is 4.79 Å². The van der Waals surface area contributed by atoms with E-state index in [1.54, 1.807) is 0 Å². The van der Waals surface area contributed by atoms with Crippen LogP contribution in [0.15, 0.2) is 48.6 Å². The van der Waals surface area contributed by atoms with Crippen LogP contribution < -0.4 is 0 Å². The summed E-state index contributed by atoms with van der Waals surface area (Å²) in [7, 11) is 0. The van der Waals surface area contributed by atoms with Gasteiger partial charge in [-0.1, -0.05) is 68.4 Å². The van der Waals surface area contributed by atoms with Crippen molar-refractivity contribution >= 4 is 5.97 Å². The van der Waals surface area contributed by atoms with Gasteiger partial charge >= 0.3 is 5.97 Å². The molecule has 1 N–H and O–H groups in total. The normalized spacial score (nSPS) is 12.4. The summed E-state index contributed by atoms with van der Waals surface area (Å²) in [6.45, 7) is 2.23. The van der Waals surface area contributed by atoms with E-state index in [-0.39, 0.29) is 6.42 Å². The summed E-state index contributed by atoms with van der Waals surface area (Å²) in [5.74, 6) is -0.702. The van der Waals surface area contributed by atoms with Crippen LogP contribution in [-0.4, -0.2) is 11.1 Å². The summed E-state index contributed by atoms with van der Waals surface area (Å²) in [4.78, 5) is 10.3. The van der Waals surface area contributed by atoms with Crippen molar-refractivity contribution in [3.63, 3.8) is 0 Å². The monoisotopic (exact) mass is 304 g/mol. The molecular weight excluding hydrogens is 272 g/mol. The zero-order valence-corrected chi connectivity index (χ0v) is 14.0. The highest BCUT2D eigenvalue weighted by atomic mass is 16.4. The number of aliphatic carboxylic acids is 1. The minimum Gasteiger partial charge on any atom is -0.481 e. The van der Waals surface area contributed by atoms with Crippen molar-refractivity contribution in [2.24, 2.45) is 0 Å². The molecule has 0 radical (unpaired) electrons. The fourth-order valence-electron chi connectivity index (χ4n) is 1.95. The van der Waals surface area contributed by atoms with Crippen molar-refractivity contribution in [2.45, 2.75) is 71.1 Å². The molecule has 0 aromatic heterocycles. The number of carbonyl (C=O) groups is 1. The lowest BCUT2D eigenvalue weighted by molar-refractivity contribution is -0.137. The fourth-order valence-corrected chi connectivity index (χ4v) is 1.95. The van der Waals surface area contributed by atoms with Gasteiger partial charge in [-0.05, 0) is 44.9 Å². The van der Waals surface area contributed by atoms with Crippen molar-refractivity contribution in [1.82, 2.24) is 0 Å². The van der Waals surface area contributed by atoms with Gasteiger partial charge in [0.1, 0.15) is 0 Å². The molecule has 0 aromatic rings. The van der Waals surface area contributed by atoms with Crippen molar-refractivity contribution in [2.75, 3.05) is 0 Å². The maximum absolute atomic E-state index is 10.3. The van der Waals surface area contributed by atoms with Gasteiger partial charge in [-0.3, -0.25) is 4.79 Å². The Morgan fingerprint density at radius 2 is 1.36 bits per heavy atom. The van der Waals surface area contributed by atoms with Crippen molar-refractivity contribution in [1.29, 1.82) is 0 Å². The van der Waals surface area contributed by atoms with Gasteiger partial charge in [-0.15, -0.1) is 0 Å². The second-order valence-corrected chi connectivity index (χ2v) is 5.41. The molecule has 0 atom stereocenters. The smallest absolute Gasteiger partial charge is 0.303 e. The molecule has 0 rings (SSSR count). The van der Waals surface area contributed by atoms with Crippen molar-refractivity contribution in [3.8, 4) is 0 Å². The first-order valence-electron chi connectivity index (χ1n) is 8.60. The third-order valence-corrected chi connectivity index (χ3v) is 3.25. The Kier molecular flexibility index (Phi) is 16.2. The minimum atomic E-state index is -0.702. The molecule has 2 heteroatoms. The fraction of sp³-hybridized carbons (Fsp3) is 0.550. The molecule has 0 aliphatic rings. The van der Waals surface area contributed by atoms with Crippen LogP contribution in [0.25, 0.3) is 0 Å². The van der Waals surface area contributed by atoms with E-state index in [1.165, 1.54) is 25.7 Å². The molecule has 22 heavy (non-hydrogen) atoms. The van der Waals surface area contributed by atoms with Gasteiger partial charge in [-0.25, -0.2) is 0 Å². The van der Waals surface area contributed by atoms with Gasteiger partial charge in [0.15, 0.2) is 0 Å². The topological polar surface area (TPSA) is 37.3 Å². The quantitative estimate of drug-likeness (QED) is 0.235. The molecule has 0 heterocycles. The summed E-state index contributed by atoms with van der Waals surface area (Å²) in [5, 5.41) is 8.50. The first kappa shape index (κ1) is 20.4. The number of carboxylic acids is 1. The second kappa shape index (κ2) is 17.5. The molecule has 0 aromatic carbocycles. The van der Waals surface area contributed by atoms with E-state index >= 15 is 0 Å². The SMILES string of the molecule is CCCCC/C=C\C/C=C\C/C=C\C=C\CCCCC(=O)O. The molecule has 0 saturated carbocycles. The van der Waals surface area contributed by atoms with E-state index in [0.717, 1.165) is 32.1 Å². The van der Waals surface area contributed by atoms with Gasteiger partial charge < -0.3 is 5.11 Å². The Bertz CT molecular complexity index is 362. The molecular formula is C20H32O2. The van der Waals surface area contributed by atoms with Gasteiger partial charge in [0.2, 0.25) is 0 Å². The van der Waals surface area contributed by atoms with Crippen molar-refractivity contribution in [3.05, 3.63) is 48.6 Å². The maximum Gasteiger partial charge on any atom is 0.303 e. The molecule has 0 fully saturated rings. The zero-order valence-electron chi connectivity index (χ0n) is 14.0. The third kappa shape index (κ3) is 18.4. The highest BCUT2D eigenvalue weighted by Gasteiger charge is 1.93. The largest absolute Gasteiger partial charge is 0.481 e. The molecule has 0 aliphatic heterocycles. The maximum atomic E-state index is 10.3. The summed E-state index contributed by atoms with van der Waals surface area (Å²) >= 11 is 0. The van der Waals surface area contributed by atoms with Crippen LogP contribution in [0.5, 0.6) is 0 Å². The lowest BCUT2D eigenvalue weighted by Crippen LogP contribution is -1.92. The van der Waals surface area contributed by atoms with E-state index in [0.29, 0.717) is 0 Å². The van der Waals surface area contributed by atoms with Crippen LogP contribution in [0.3, 0.4) is 0 Å². The van der Waals surface area contributed by atoms with Gasteiger partial charge in [0.05, 0.1) is 0 Å². The van der Waals surface area contributed by atoms with Crippen LogP contribution in [0.4, 0.5) is 0 Å². The Balaban J connectivity index is 3.41. The molecule has 0 spiro atoms. The predicted octanol–water partition coefficient (Wildman–Crippen LogP) is 6.22. The van der Waals surface area contributed by atoms with E-state index in [1.807, 2.05) is 6.08 Å². The van der Waals surface area contributed by atoms with Gasteiger partial charge in [0, 0.05) is 6.42 Å². The zero-order chi connectivity index (χ0) is 16.3. The molecule has 0 saturated heterocycles. The first-order valence-corrected chi connectivity index (χ1v) is 8.60. The Morgan fingerprint density at radius 3 is 2.09 bits per heavy atom. The highest BCUT2D eigenvalue weighted by Crippen LogP contribution is 2.02. The number of hydrogen-bond donors (Lipinski definition) is 1. The summed E-state index contributed by atoms with van der Waals surface area (Å²) < 4.78 is 0. The summed E-state index contributed by atoms with van der Waals surface area (Å²) in [6, 6.07) is 0. The molecule has 0 aliphatic carbocycles. The van der Waals surface area contributed by atoms with Crippen LogP contribution >= 0.6 is 0 Å². The predicted molar refractivity (Wildman–Crippen MR) is 96.0 cm³/mol. The van der Waals surface area contributed by atoms with E-state index in [9.17, 15) is 4.79 Å². The van der Waals surface area contributed by atoms with E-state index in [2.05, 4.69) is 49.5 Å². The number of hydrogen-bond acceptors (Lipinski definition) is 1. The van der Waals surface area contributed by atoms with Crippen LogP contribution in [0, 0.1) is 0 Å². The lowest BCUT2D eigenvalue weighted by Gasteiger charge is -1.92. The number of rotatable bonds is 14. The van der Waals surface area contributed by atoms with Gasteiger partial charge in [0.25, 0.3) is 0 Å². The summed E-state index contributed by atoms with van der Waals surface area (Å²) in [6.07, 6.45) is 27.3. The average molecular weight is 304 g/mol. The Labute approximate surface area is 136 Å². The first-order chi connectivity index (χ1) is 10.8. The average Bonchev–Trinajstić information content (AvgIpc) is 2.50. The molecule has 124 valence electrons. The number of allylic oxidation sites excluding steroid dienone is 8. The molecule has 2 nitrogen and oxygen atoms in total. The molecule has 0 amide bonds. The van der Waals surface area contributed by atoms with Crippen LogP contribution in [0.1, 0.15) is 71.1 Å². The second-order valence-electron chi connectivity index (χ2n) is 5.41. The molecule has 0 bridgehead atoms. The van der Waals surface area contributed by atoms with E-state index < -0.39 is 5.97 Å². The molecule has 0 unspecified atom stereocenters. The van der Waals surface area contributed by atoms with Gasteiger partial charge in [-0.2, -0.15) is 0 Å². The third-order valence-electron chi connectivity index (χ3n) is 3.25. The van der Waals surface area contributed by atoms with Crippen molar-refractivity contribution < 1.29 is 9.90 Å². The minimum absolute atomic E-state index is 0.279.